The first-order valence-electron chi connectivity index (χ1n) is 5.10. The van der Waals surface area contributed by atoms with Gasteiger partial charge in [0.1, 0.15) is 5.01 Å². The molecule has 0 aromatic carbocycles. The van der Waals surface area contributed by atoms with Crippen molar-refractivity contribution in [1.82, 2.24) is 4.98 Å². The van der Waals surface area contributed by atoms with Gasteiger partial charge in [-0.25, -0.2) is 9.78 Å². The lowest BCUT2D eigenvalue weighted by Gasteiger charge is -2.14. The smallest absolute Gasteiger partial charge is 0.332 e. The van der Waals surface area contributed by atoms with Crippen molar-refractivity contribution in [1.29, 1.82) is 0 Å². The van der Waals surface area contributed by atoms with E-state index in [4.69, 9.17) is 9.84 Å². The third-order valence-electron chi connectivity index (χ3n) is 2.12. The number of carbonyl (C=O) groups is 1. The Morgan fingerprint density at radius 3 is 2.69 bits per heavy atom. The van der Waals surface area contributed by atoms with Gasteiger partial charge in [0.25, 0.3) is 0 Å². The van der Waals surface area contributed by atoms with E-state index in [9.17, 15) is 4.79 Å². The Morgan fingerprint density at radius 1 is 1.62 bits per heavy atom. The molecule has 1 aromatic heterocycles. The highest BCUT2D eigenvalue weighted by atomic mass is 32.1. The van der Waals surface area contributed by atoms with Gasteiger partial charge >= 0.3 is 5.97 Å². The van der Waals surface area contributed by atoms with Crippen molar-refractivity contribution in [3.8, 4) is 0 Å². The van der Waals surface area contributed by atoms with Crippen molar-refractivity contribution in [2.24, 2.45) is 0 Å². The van der Waals surface area contributed by atoms with Gasteiger partial charge in [-0.05, 0) is 6.92 Å². The molecule has 0 aliphatic rings. The maximum atomic E-state index is 10.5. The summed E-state index contributed by atoms with van der Waals surface area (Å²) in [5, 5.41) is 11.5. The van der Waals surface area contributed by atoms with Gasteiger partial charge in [-0.3, -0.25) is 0 Å². The number of hydrogen-bond acceptors (Lipinski definition) is 4. The normalized spacial score (nSPS) is 13.8. The van der Waals surface area contributed by atoms with Crippen molar-refractivity contribution in [2.45, 2.75) is 45.8 Å². The van der Waals surface area contributed by atoms with Crippen LogP contribution in [-0.2, 0) is 21.6 Å². The lowest BCUT2D eigenvalue weighted by atomic mass is 9.93. The fourth-order valence-electron chi connectivity index (χ4n) is 0.989. The molecule has 0 unspecified atom stereocenters. The molecule has 1 N–H and O–H groups in total. The lowest BCUT2D eigenvalue weighted by Crippen LogP contribution is -2.19. The largest absolute Gasteiger partial charge is 0.479 e. The van der Waals surface area contributed by atoms with Gasteiger partial charge in [-0.2, -0.15) is 0 Å². The monoisotopic (exact) mass is 243 g/mol. The van der Waals surface area contributed by atoms with E-state index in [1.165, 1.54) is 18.3 Å². The minimum Gasteiger partial charge on any atom is -0.479 e. The summed E-state index contributed by atoms with van der Waals surface area (Å²) in [6.07, 6.45) is -0.790. The molecule has 0 fully saturated rings. The highest BCUT2D eigenvalue weighted by molar-refractivity contribution is 7.09. The number of aromatic nitrogens is 1. The summed E-state index contributed by atoms with van der Waals surface area (Å²) in [6.45, 7) is 8.04. The summed E-state index contributed by atoms with van der Waals surface area (Å²) >= 11 is 1.50. The first-order valence-corrected chi connectivity index (χ1v) is 5.98. The van der Waals surface area contributed by atoms with E-state index in [1.54, 1.807) is 0 Å². The maximum absolute atomic E-state index is 10.5. The molecule has 90 valence electrons. The second kappa shape index (κ2) is 4.93. The Bertz CT molecular complexity index is 368. The number of carboxylic acid groups (broad SMARTS) is 1. The molecule has 0 radical (unpaired) electrons. The van der Waals surface area contributed by atoms with Gasteiger partial charge in [0, 0.05) is 10.8 Å². The van der Waals surface area contributed by atoms with Crippen molar-refractivity contribution in [3.63, 3.8) is 0 Å². The fourth-order valence-corrected chi connectivity index (χ4v) is 1.93. The van der Waals surface area contributed by atoms with Crippen LogP contribution in [0.2, 0.25) is 0 Å². The van der Waals surface area contributed by atoms with E-state index in [0.29, 0.717) is 0 Å². The van der Waals surface area contributed by atoms with Gasteiger partial charge in [0.05, 0.1) is 12.3 Å². The number of ether oxygens (including phenoxy) is 1. The zero-order valence-corrected chi connectivity index (χ0v) is 10.8. The summed E-state index contributed by atoms with van der Waals surface area (Å²) < 4.78 is 5.16. The Kier molecular flexibility index (Phi) is 4.04. The number of carboxylic acids is 1. The van der Waals surface area contributed by atoms with E-state index in [-0.39, 0.29) is 12.0 Å². The minimum atomic E-state index is -0.951. The molecule has 0 amide bonds. The summed E-state index contributed by atoms with van der Waals surface area (Å²) in [6, 6.07) is 0. The summed E-state index contributed by atoms with van der Waals surface area (Å²) in [5.41, 5.74) is 1.03. The van der Waals surface area contributed by atoms with Crippen LogP contribution in [0.5, 0.6) is 0 Å². The first kappa shape index (κ1) is 13.1. The Morgan fingerprint density at radius 2 is 2.25 bits per heavy atom. The van der Waals surface area contributed by atoms with Crippen LogP contribution in [0.25, 0.3) is 0 Å². The molecular weight excluding hydrogens is 226 g/mol. The van der Waals surface area contributed by atoms with Crippen LogP contribution in [0.4, 0.5) is 0 Å². The summed E-state index contributed by atoms with van der Waals surface area (Å²) in [7, 11) is 0. The van der Waals surface area contributed by atoms with Gasteiger partial charge in [-0.1, -0.05) is 20.8 Å². The molecule has 0 bridgehead atoms. The van der Waals surface area contributed by atoms with E-state index >= 15 is 0 Å². The maximum Gasteiger partial charge on any atom is 0.332 e. The first-order chi connectivity index (χ1) is 7.30. The summed E-state index contributed by atoms with van der Waals surface area (Å²) in [4.78, 5) is 15.0. The third-order valence-corrected chi connectivity index (χ3v) is 2.95. The standard InChI is InChI=1S/C11H17NO3S/c1-7(10(13)14)15-5-9-12-8(6-16-9)11(2,3)4/h6-7H,5H2,1-4H3,(H,13,14)/t7-/m1/s1. The molecule has 0 saturated carbocycles. The average Bonchev–Trinajstić information content (AvgIpc) is 2.61. The van der Waals surface area contributed by atoms with Crippen molar-refractivity contribution in [3.05, 3.63) is 16.1 Å². The minimum absolute atomic E-state index is 0.0210. The second-order valence-electron chi connectivity index (χ2n) is 4.67. The Hall–Kier alpha value is -0.940. The molecule has 1 heterocycles. The van der Waals surface area contributed by atoms with Gasteiger partial charge in [0.15, 0.2) is 6.10 Å². The quantitative estimate of drug-likeness (QED) is 0.882. The summed E-state index contributed by atoms with van der Waals surface area (Å²) in [5.74, 6) is -0.951. The van der Waals surface area contributed by atoms with Crippen LogP contribution in [0.1, 0.15) is 38.4 Å². The van der Waals surface area contributed by atoms with E-state index < -0.39 is 12.1 Å². The second-order valence-corrected chi connectivity index (χ2v) is 5.61. The van der Waals surface area contributed by atoms with E-state index in [0.717, 1.165) is 10.7 Å². The fraction of sp³-hybridized carbons (Fsp3) is 0.636. The van der Waals surface area contributed by atoms with Gasteiger partial charge in [0.2, 0.25) is 0 Å². The SMILES string of the molecule is C[C@@H](OCc1nc(C(C)(C)C)cs1)C(=O)O. The number of rotatable bonds is 4. The predicted molar refractivity (Wildman–Crippen MR) is 62.7 cm³/mol. The lowest BCUT2D eigenvalue weighted by molar-refractivity contribution is -0.149. The number of hydrogen-bond donors (Lipinski definition) is 1. The van der Waals surface area contributed by atoms with Crippen LogP contribution >= 0.6 is 11.3 Å². The van der Waals surface area contributed by atoms with E-state index in [1.807, 2.05) is 5.38 Å². The third kappa shape index (κ3) is 3.57. The molecule has 1 rings (SSSR count). The molecule has 5 heteroatoms. The van der Waals surface area contributed by atoms with Crippen molar-refractivity contribution in [2.75, 3.05) is 0 Å². The van der Waals surface area contributed by atoms with Gasteiger partial charge < -0.3 is 9.84 Å². The molecule has 0 aliphatic carbocycles. The highest BCUT2D eigenvalue weighted by Crippen LogP contribution is 2.24. The molecule has 16 heavy (non-hydrogen) atoms. The highest BCUT2D eigenvalue weighted by Gasteiger charge is 2.18. The van der Waals surface area contributed by atoms with E-state index in [2.05, 4.69) is 25.8 Å². The number of aliphatic carboxylic acids is 1. The Balaban J connectivity index is 2.57. The van der Waals surface area contributed by atoms with Crippen molar-refractivity contribution >= 4 is 17.3 Å². The van der Waals surface area contributed by atoms with Crippen LogP contribution in [0.3, 0.4) is 0 Å². The molecule has 1 atom stereocenters. The van der Waals surface area contributed by atoms with Gasteiger partial charge in [-0.15, -0.1) is 11.3 Å². The number of nitrogens with zero attached hydrogens (tertiary/aromatic N) is 1. The predicted octanol–water partition coefficient (Wildman–Crippen LogP) is 2.43. The van der Waals surface area contributed by atoms with Crippen LogP contribution in [0, 0.1) is 0 Å². The molecule has 0 aliphatic heterocycles. The molecule has 0 saturated heterocycles. The van der Waals surface area contributed by atoms with Crippen molar-refractivity contribution < 1.29 is 14.6 Å². The average molecular weight is 243 g/mol. The molecule has 4 nitrogen and oxygen atoms in total. The van der Waals surface area contributed by atoms with Crippen LogP contribution in [-0.4, -0.2) is 22.2 Å². The Labute approximate surface area is 99.3 Å². The number of thiazole rings is 1. The van der Waals surface area contributed by atoms with Crippen LogP contribution < -0.4 is 0 Å². The zero-order chi connectivity index (χ0) is 12.3. The molecular formula is C11H17NO3S. The molecule has 1 aromatic rings. The van der Waals surface area contributed by atoms with Crippen LogP contribution in [0.15, 0.2) is 5.38 Å². The topological polar surface area (TPSA) is 59.4 Å². The molecule has 0 spiro atoms. The zero-order valence-electron chi connectivity index (χ0n) is 9.98.